The molecule has 0 spiro atoms. The van der Waals surface area contributed by atoms with Crippen molar-refractivity contribution in [3.63, 3.8) is 0 Å². The highest BCUT2D eigenvalue weighted by Gasteiger charge is 2.07. The van der Waals surface area contributed by atoms with E-state index < -0.39 is 0 Å². The molecule has 0 radical (unpaired) electrons. The zero-order valence-corrected chi connectivity index (χ0v) is 14.8. The topological polar surface area (TPSA) is 110 Å². The number of aromatic nitrogens is 4. The first kappa shape index (κ1) is 17.3. The number of carbonyl (C=O) groups is 1. The van der Waals surface area contributed by atoms with Crippen LogP contribution < -0.4 is 11.1 Å². The summed E-state index contributed by atoms with van der Waals surface area (Å²) in [5.74, 6) is 1.11. The summed E-state index contributed by atoms with van der Waals surface area (Å²) in [6.45, 7) is 0. The molecule has 25 heavy (non-hydrogen) atoms. The molecule has 3 rings (SSSR count). The van der Waals surface area contributed by atoms with E-state index in [1.807, 2.05) is 42.5 Å². The standard InChI is InChI=1S/C16H16N6OS2/c17-15-20-16(22-21-15)25-10-13(23)19-12-5-3-4-11(8-12)9-24-14-6-1-2-7-18-14/h1-8H,9-10H2,(H,19,23)(H3,17,20,21,22). The van der Waals surface area contributed by atoms with Crippen molar-refractivity contribution < 1.29 is 4.79 Å². The second kappa shape index (κ2) is 8.54. The van der Waals surface area contributed by atoms with Crippen molar-refractivity contribution in [1.82, 2.24) is 20.2 Å². The molecule has 0 aliphatic heterocycles. The Labute approximate surface area is 153 Å². The molecule has 4 N–H and O–H groups in total. The minimum absolute atomic E-state index is 0.122. The van der Waals surface area contributed by atoms with E-state index in [2.05, 4.69) is 25.5 Å². The molecule has 9 heteroatoms. The Morgan fingerprint density at radius 3 is 2.88 bits per heavy atom. The van der Waals surface area contributed by atoms with Crippen LogP contribution in [0.4, 0.5) is 11.6 Å². The molecule has 2 heterocycles. The quantitative estimate of drug-likeness (QED) is 0.547. The summed E-state index contributed by atoms with van der Waals surface area (Å²) in [5, 5.41) is 10.7. The fourth-order valence-corrected chi connectivity index (χ4v) is 3.39. The molecule has 1 aromatic carbocycles. The van der Waals surface area contributed by atoms with E-state index in [1.165, 1.54) is 11.8 Å². The highest BCUT2D eigenvalue weighted by molar-refractivity contribution is 7.99. The van der Waals surface area contributed by atoms with Crippen LogP contribution in [-0.2, 0) is 10.5 Å². The summed E-state index contributed by atoms with van der Waals surface area (Å²) in [7, 11) is 0. The molecular formula is C16H16N6OS2. The molecule has 0 atom stereocenters. The molecular weight excluding hydrogens is 356 g/mol. The molecule has 1 amide bonds. The number of aromatic amines is 1. The van der Waals surface area contributed by atoms with Gasteiger partial charge >= 0.3 is 0 Å². The smallest absolute Gasteiger partial charge is 0.234 e. The van der Waals surface area contributed by atoms with Crippen molar-refractivity contribution in [1.29, 1.82) is 0 Å². The van der Waals surface area contributed by atoms with Gasteiger partial charge in [0, 0.05) is 17.6 Å². The molecule has 2 aromatic heterocycles. The molecule has 0 saturated carbocycles. The number of rotatable bonds is 7. The third-order valence-electron chi connectivity index (χ3n) is 3.05. The fraction of sp³-hybridized carbons (Fsp3) is 0.125. The van der Waals surface area contributed by atoms with E-state index >= 15 is 0 Å². The number of anilines is 2. The van der Waals surface area contributed by atoms with Crippen molar-refractivity contribution in [3.8, 4) is 0 Å². The van der Waals surface area contributed by atoms with Gasteiger partial charge in [-0.3, -0.25) is 4.79 Å². The normalized spacial score (nSPS) is 10.6. The van der Waals surface area contributed by atoms with Gasteiger partial charge in [0.05, 0.1) is 10.8 Å². The lowest BCUT2D eigenvalue weighted by Gasteiger charge is -2.07. The van der Waals surface area contributed by atoms with Crippen molar-refractivity contribution in [3.05, 3.63) is 54.2 Å². The lowest BCUT2D eigenvalue weighted by atomic mass is 10.2. The number of amides is 1. The zero-order chi connectivity index (χ0) is 17.5. The van der Waals surface area contributed by atoms with Gasteiger partial charge in [-0.25, -0.2) is 10.1 Å². The number of nitrogen functional groups attached to an aromatic ring is 1. The zero-order valence-electron chi connectivity index (χ0n) is 13.2. The van der Waals surface area contributed by atoms with E-state index in [-0.39, 0.29) is 17.6 Å². The van der Waals surface area contributed by atoms with Crippen LogP contribution in [0.1, 0.15) is 5.56 Å². The van der Waals surface area contributed by atoms with Gasteiger partial charge in [0.25, 0.3) is 0 Å². The van der Waals surface area contributed by atoms with E-state index in [4.69, 9.17) is 5.73 Å². The maximum Gasteiger partial charge on any atom is 0.234 e. The van der Waals surface area contributed by atoms with Crippen LogP contribution in [0.5, 0.6) is 0 Å². The van der Waals surface area contributed by atoms with Gasteiger partial charge in [0.1, 0.15) is 0 Å². The first-order valence-electron chi connectivity index (χ1n) is 7.42. The Morgan fingerprint density at radius 2 is 2.12 bits per heavy atom. The van der Waals surface area contributed by atoms with Crippen molar-refractivity contribution in [2.24, 2.45) is 0 Å². The number of nitrogens with one attached hydrogen (secondary N) is 2. The maximum atomic E-state index is 12.0. The number of hydrogen-bond donors (Lipinski definition) is 3. The highest BCUT2D eigenvalue weighted by Crippen LogP contribution is 2.22. The summed E-state index contributed by atoms with van der Waals surface area (Å²) in [6, 6.07) is 13.6. The van der Waals surface area contributed by atoms with Gasteiger partial charge in [0.2, 0.25) is 17.0 Å². The molecule has 0 fully saturated rings. The Kier molecular flexibility index (Phi) is 5.91. The van der Waals surface area contributed by atoms with Crippen LogP contribution in [0.25, 0.3) is 0 Å². The minimum atomic E-state index is -0.122. The average Bonchev–Trinajstić information content (AvgIpc) is 3.05. The first-order chi connectivity index (χ1) is 12.2. The SMILES string of the molecule is Nc1nc(SCC(=O)Nc2cccc(CSc3ccccn3)c2)n[nH]1. The van der Waals surface area contributed by atoms with E-state index in [1.54, 1.807) is 18.0 Å². The Morgan fingerprint density at radius 1 is 1.20 bits per heavy atom. The largest absolute Gasteiger partial charge is 0.368 e. The second-order valence-electron chi connectivity index (χ2n) is 5.00. The van der Waals surface area contributed by atoms with Crippen LogP contribution in [0.15, 0.2) is 58.8 Å². The van der Waals surface area contributed by atoms with Crippen molar-refractivity contribution in [2.75, 3.05) is 16.8 Å². The lowest BCUT2D eigenvalue weighted by Crippen LogP contribution is -2.14. The Hall–Kier alpha value is -2.52. The van der Waals surface area contributed by atoms with Gasteiger partial charge in [-0.1, -0.05) is 30.0 Å². The summed E-state index contributed by atoms with van der Waals surface area (Å²) in [5.41, 5.74) is 7.32. The number of carbonyl (C=O) groups excluding carboxylic acids is 1. The number of pyridine rings is 1. The predicted octanol–water partition coefficient (Wildman–Crippen LogP) is 2.81. The molecule has 3 aromatic rings. The summed E-state index contributed by atoms with van der Waals surface area (Å²) >= 11 is 2.87. The average molecular weight is 372 g/mol. The van der Waals surface area contributed by atoms with Gasteiger partial charge in [0.15, 0.2) is 0 Å². The van der Waals surface area contributed by atoms with Crippen molar-refractivity contribution >= 4 is 41.1 Å². The van der Waals surface area contributed by atoms with Gasteiger partial charge in [-0.2, -0.15) is 4.98 Å². The molecule has 0 bridgehead atoms. The number of nitrogens with zero attached hydrogens (tertiary/aromatic N) is 3. The third kappa shape index (κ3) is 5.50. The van der Waals surface area contributed by atoms with Crippen molar-refractivity contribution in [2.45, 2.75) is 15.9 Å². The summed E-state index contributed by atoms with van der Waals surface area (Å²) in [6.07, 6.45) is 1.78. The fourth-order valence-electron chi connectivity index (χ4n) is 1.98. The van der Waals surface area contributed by atoms with Crippen LogP contribution in [0.2, 0.25) is 0 Å². The third-order valence-corrected chi connectivity index (χ3v) is 4.91. The molecule has 0 aliphatic rings. The van der Waals surface area contributed by atoms with Crippen LogP contribution >= 0.6 is 23.5 Å². The van der Waals surface area contributed by atoms with Crippen LogP contribution in [-0.4, -0.2) is 31.8 Å². The molecule has 0 saturated heterocycles. The van der Waals surface area contributed by atoms with E-state index in [0.717, 1.165) is 22.0 Å². The molecule has 0 unspecified atom stereocenters. The Balaban J connectivity index is 1.51. The first-order valence-corrected chi connectivity index (χ1v) is 9.39. The molecule has 128 valence electrons. The van der Waals surface area contributed by atoms with Crippen LogP contribution in [0.3, 0.4) is 0 Å². The number of nitrogens with two attached hydrogens (primary N) is 1. The summed E-state index contributed by atoms with van der Waals surface area (Å²) in [4.78, 5) is 20.3. The van der Waals surface area contributed by atoms with Gasteiger partial charge < -0.3 is 11.1 Å². The number of benzene rings is 1. The van der Waals surface area contributed by atoms with Crippen LogP contribution in [0, 0.1) is 0 Å². The summed E-state index contributed by atoms with van der Waals surface area (Å²) < 4.78 is 0. The second-order valence-corrected chi connectivity index (χ2v) is 6.94. The molecule has 0 aliphatic carbocycles. The lowest BCUT2D eigenvalue weighted by molar-refractivity contribution is -0.113. The number of H-pyrrole nitrogens is 1. The predicted molar refractivity (Wildman–Crippen MR) is 100 cm³/mol. The van der Waals surface area contributed by atoms with E-state index in [0.29, 0.717) is 5.16 Å². The number of thioether (sulfide) groups is 2. The highest BCUT2D eigenvalue weighted by atomic mass is 32.2. The Bertz CT molecular complexity index is 839. The van der Waals surface area contributed by atoms with Gasteiger partial charge in [-0.15, -0.1) is 16.9 Å². The van der Waals surface area contributed by atoms with E-state index in [9.17, 15) is 4.79 Å². The monoisotopic (exact) mass is 372 g/mol. The minimum Gasteiger partial charge on any atom is -0.368 e. The van der Waals surface area contributed by atoms with Gasteiger partial charge in [-0.05, 0) is 29.8 Å². The number of hydrogen-bond acceptors (Lipinski definition) is 7. The molecule has 7 nitrogen and oxygen atoms in total. The maximum absolute atomic E-state index is 12.0.